The average Bonchev–Trinajstić information content (AvgIpc) is 2.88. The average molecular weight is 327 g/mol. The zero-order chi connectivity index (χ0) is 17.1. The summed E-state index contributed by atoms with van der Waals surface area (Å²) in [6.45, 7) is 0. The number of hydrazone groups is 1. The summed E-state index contributed by atoms with van der Waals surface area (Å²) in [6.07, 6.45) is 0. The molecule has 0 atom stereocenters. The van der Waals surface area contributed by atoms with E-state index in [0.29, 0.717) is 0 Å². The third-order valence-corrected chi connectivity index (χ3v) is 4.08. The molecule has 0 fully saturated rings. The van der Waals surface area contributed by atoms with Gasteiger partial charge in [0.2, 0.25) is 0 Å². The van der Waals surface area contributed by atoms with Gasteiger partial charge in [-0.1, -0.05) is 48.5 Å². The van der Waals surface area contributed by atoms with Crippen molar-refractivity contribution in [3.63, 3.8) is 0 Å². The molecule has 122 valence electrons. The normalized spacial score (nSPS) is 13.0. The molecule has 0 spiro atoms. The standard InChI is InChI=1S/C21H17N3O/c1-25-17-13-11-15(12-14-17)20-18-9-5-6-10-19(18)22-21(24-23-20)16-7-3-2-4-8-16/h2-14H,1H3,(H,22,24). The molecule has 1 heterocycles. The lowest BCUT2D eigenvalue weighted by Gasteiger charge is -2.08. The molecule has 4 heteroatoms. The highest BCUT2D eigenvalue weighted by molar-refractivity contribution is 6.17. The second kappa shape index (κ2) is 6.61. The lowest BCUT2D eigenvalue weighted by molar-refractivity contribution is 0.415. The predicted octanol–water partition coefficient (Wildman–Crippen LogP) is 4.13. The summed E-state index contributed by atoms with van der Waals surface area (Å²) >= 11 is 0. The highest BCUT2D eigenvalue weighted by Crippen LogP contribution is 2.26. The maximum absolute atomic E-state index is 5.25. The Labute approximate surface area is 146 Å². The Bertz CT molecular complexity index is 944. The first kappa shape index (κ1) is 15.1. The Hall–Kier alpha value is -3.40. The van der Waals surface area contributed by atoms with E-state index in [2.05, 4.69) is 10.5 Å². The summed E-state index contributed by atoms with van der Waals surface area (Å²) in [6, 6.07) is 25.9. The maximum Gasteiger partial charge on any atom is 0.154 e. The van der Waals surface area contributed by atoms with Gasteiger partial charge in [0, 0.05) is 16.7 Å². The number of amidine groups is 1. The summed E-state index contributed by atoms with van der Waals surface area (Å²) in [5.74, 6) is 1.55. The summed E-state index contributed by atoms with van der Waals surface area (Å²) in [5, 5.41) is 4.64. The first-order chi connectivity index (χ1) is 12.3. The van der Waals surface area contributed by atoms with Gasteiger partial charge in [-0.05, 0) is 30.3 Å². The maximum atomic E-state index is 5.25. The molecule has 0 radical (unpaired) electrons. The van der Waals surface area contributed by atoms with Crippen molar-refractivity contribution in [3.8, 4) is 5.75 Å². The number of aliphatic imine (C=N–C) groups is 1. The van der Waals surface area contributed by atoms with Crippen LogP contribution in [0.1, 0.15) is 16.7 Å². The van der Waals surface area contributed by atoms with E-state index in [1.807, 2.05) is 78.9 Å². The zero-order valence-electron chi connectivity index (χ0n) is 13.8. The van der Waals surface area contributed by atoms with Crippen LogP contribution in [-0.4, -0.2) is 18.7 Å². The number of rotatable bonds is 3. The van der Waals surface area contributed by atoms with Gasteiger partial charge in [0.1, 0.15) is 5.75 Å². The Morgan fingerprint density at radius 2 is 1.48 bits per heavy atom. The van der Waals surface area contributed by atoms with Gasteiger partial charge in [-0.3, -0.25) is 5.43 Å². The van der Waals surface area contributed by atoms with Gasteiger partial charge in [0.15, 0.2) is 5.84 Å². The Balaban J connectivity index is 1.81. The minimum atomic E-state index is 0.733. The van der Waals surface area contributed by atoms with Crippen molar-refractivity contribution in [1.29, 1.82) is 0 Å². The van der Waals surface area contributed by atoms with Crippen molar-refractivity contribution >= 4 is 17.2 Å². The van der Waals surface area contributed by atoms with E-state index in [4.69, 9.17) is 9.73 Å². The predicted molar refractivity (Wildman–Crippen MR) is 101 cm³/mol. The molecule has 0 aromatic heterocycles. The molecule has 4 nitrogen and oxygen atoms in total. The van der Waals surface area contributed by atoms with Crippen molar-refractivity contribution < 1.29 is 4.74 Å². The molecule has 3 aromatic rings. The number of hydrogen-bond acceptors (Lipinski definition) is 4. The SMILES string of the molecule is COc1ccc(C2=NNC(c3ccccc3)=Nc3ccccc32)cc1. The fourth-order valence-electron chi connectivity index (χ4n) is 2.78. The first-order valence-corrected chi connectivity index (χ1v) is 8.07. The van der Waals surface area contributed by atoms with Gasteiger partial charge in [-0.15, -0.1) is 0 Å². The van der Waals surface area contributed by atoms with Crippen LogP contribution in [0.15, 0.2) is 89.0 Å². The van der Waals surface area contributed by atoms with Crippen molar-refractivity contribution in [1.82, 2.24) is 5.43 Å². The molecular formula is C21H17N3O. The molecule has 0 amide bonds. The third-order valence-electron chi connectivity index (χ3n) is 4.08. The highest BCUT2D eigenvalue weighted by atomic mass is 16.5. The van der Waals surface area contributed by atoms with Crippen LogP contribution in [0.5, 0.6) is 5.75 Å². The summed E-state index contributed by atoms with van der Waals surface area (Å²) in [4.78, 5) is 4.79. The number of fused-ring (bicyclic) bond motifs is 1. The largest absolute Gasteiger partial charge is 0.497 e. The van der Waals surface area contributed by atoms with Gasteiger partial charge in [-0.2, -0.15) is 5.10 Å². The van der Waals surface area contributed by atoms with E-state index >= 15 is 0 Å². The van der Waals surface area contributed by atoms with Gasteiger partial charge in [-0.25, -0.2) is 4.99 Å². The number of para-hydroxylation sites is 1. The number of nitrogens with one attached hydrogen (secondary N) is 1. The van der Waals surface area contributed by atoms with Crippen LogP contribution in [-0.2, 0) is 0 Å². The molecular weight excluding hydrogens is 310 g/mol. The summed E-state index contributed by atoms with van der Waals surface area (Å²) in [7, 11) is 1.66. The molecule has 25 heavy (non-hydrogen) atoms. The van der Waals surface area contributed by atoms with Gasteiger partial charge < -0.3 is 4.74 Å². The lowest BCUT2D eigenvalue weighted by Crippen LogP contribution is -2.19. The van der Waals surface area contributed by atoms with E-state index in [-0.39, 0.29) is 0 Å². The number of benzene rings is 3. The monoisotopic (exact) mass is 327 g/mol. The Kier molecular flexibility index (Phi) is 4.01. The molecule has 0 saturated carbocycles. The Morgan fingerprint density at radius 3 is 2.24 bits per heavy atom. The van der Waals surface area contributed by atoms with Gasteiger partial charge in [0.05, 0.1) is 18.5 Å². The minimum absolute atomic E-state index is 0.733. The molecule has 1 N–H and O–H groups in total. The van der Waals surface area contributed by atoms with Crippen LogP contribution in [0.2, 0.25) is 0 Å². The van der Waals surface area contributed by atoms with Crippen LogP contribution in [0.25, 0.3) is 0 Å². The van der Waals surface area contributed by atoms with E-state index in [1.165, 1.54) is 0 Å². The van der Waals surface area contributed by atoms with Crippen molar-refractivity contribution in [2.45, 2.75) is 0 Å². The fraction of sp³-hybridized carbons (Fsp3) is 0.0476. The van der Waals surface area contributed by atoms with Gasteiger partial charge in [0.25, 0.3) is 0 Å². The number of methoxy groups -OCH3 is 1. The van der Waals surface area contributed by atoms with Crippen molar-refractivity contribution in [2.24, 2.45) is 10.1 Å². The van der Waals surface area contributed by atoms with Crippen LogP contribution < -0.4 is 10.2 Å². The van der Waals surface area contributed by atoms with Crippen molar-refractivity contribution in [3.05, 3.63) is 95.6 Å². The molecule has 0 bridgehead atoms. The van der Waals surface area contributed by atoms with E-state index < -0.39 is 0 Å². The molecule has 1 aliphatic rings. The minimum Gasteiger partial charge on any atom is -0.497 e. The molecule has 3 aromatic carbocycles. The van der Waals surface area contributed by atoms with E-state index in [9.17, 15) is 0 Å². The van der Waals surface area contributed by atoms with E-state index in [1.54, 1.807) is 7.11 Å². The van der Waals surface area contributed by atoms with Crippen LogP contribution in [0.3, 0.4) is 0 Å². The topological polar surface area (TPSA) is 46.0 Å². The molecule has 4 rings (SSSR count). The summed E-state index contributed by atoms with van der Waals surface area (Å²) in [5.41, 5.74) is 7.87. The van der Waals surface area contributed by atoms with Crippen LogP contribution >= 0.6 is 0 Å². The summed E-state index contributed by atoms with van der Waals surface area (Å²) < 4.78 is 5.25. The zero-order valence-corrected chi connectivity index (χ0v) is 13.8. The molecule has 0 unspecified atom stereocenters. The second-order valence-corrected chi connectivity index (χ2v) is 5.64. The fourth-order valence-corrected chi connectivity index (χ4v) is 2.78. The Morgan fingerprint density at radius 1 is 0.760 bits per heavy atom. The number of hydrogen-bond donors (Lipinski definition) is 1. The number of ether oxygens (including phenoxy) is 1. The van der Waals surface area contributed by atoms with Crippen molar-refractivity contribution in [2.75, 3.05) is 7.11 Å². The lowest BCUT2D eigenvalue weighted by atomic mass is 10.0. The quantitative estimate of drug-likeness (QED) is 0.786. The van der Waals surface area contributed by atoms with E-state index in [0.717, 1.165) is 39.7 Å². The second-order valence-electron chi connectivity index (χ2n) is 5.64. The molecule has 0 aliphatic carbocycles. The first-order valence-electron chi connectivity index (χ1n) is 8.07. The molecule has 1 aliphatic heterocycles. The number of nitrogens with zero attached hydrogens (tertiary/aromatic N) is 2. The van der Waals surface area contributed by atoms with Crippen LogP contribution in [0, 0.1) is 0 Å². The highest BCUT2D eigenvalue weighted by Gasteiger charge is 2.16. The smallest absolute Gasteiger partial charge is 0.154 e. The van der Waals surface area contributed by atoms with Crippen LogP contribution in [0.4, 0.5) is 5.69 Å². The third kappa shape index (κ3) is 3.02. The molecule has 0 saturated heterocycles. The van der Waals surface area contributed by atoms with Gasteiger partial charge >= 0.3 is 0 Å².